The Balaban J connectivity index is 1.99. The largest absolute Gasteiger partial charge is 0.382 e. The molecular weight excluding hydrogens is 212 g/mol. The standard InChI is InChI=1S/C13H24N4/c1-11(2)7-5-3-4-6-8-15-13-10-16-12(14)9-17-13/h9-11H,3-8H2,1-2H3,(H2,14,16)(H,15,17). The summed E-state index contributed by atoms with van der Waals surface area (Å²) in [6.07, 6.45) is 9.73. The molecule has 0 saturated heterocycles. The first-order chi connectivity index (χ1) is 8.18. The first kappa shape index (κ1) is 13.7. The molecule has 96 valence electrons. The van der Waals surface area contributed by atoms with Crippen LogP contribution < -0.4 is 11.1 Å². The summed E-state index contributed by atoms with van der Waals surface area (Å²) in [6.45, 7) is 5.52. The highest BCUT2D eigenvalue weighted by molar-refractivity contribution is 5.35. The average molecular weight is 236 g/mol. The van der Waals surface area contributed by atoms with Gasteiger partial charge in [-0.3, -0.25) is 0 Å². The van der Waals surface area contributed by atoms with Crippen LogP contribution in [0.5, 0.6) is 0 Å². The number of anilines is 2. The number of nitrogens with two attached hydrogens (primary N) is 1. The van der Waals surface area contributed by atoms with E-state index < -0.39 is 0 Å². The number of nitrogens with zero attached hydrogens (tertiary/aromatic N) is 2. The molecule has 0 aromatic carbocycles. The average Bonchev–Trinajstić information content (AvgIpc) is 2.30. The second-order valence-electron chi connectivity index (χ2n) is 4.85. The van der Waals surface area contributed by atoms with Gasteiger partial charge < -0.3 is 11.1 Å². The molecule has 1 aromatic heterocycles. The van der Waals surface area contributed by atoms with Gasteiger partial charge in [-0.2, -0.15) is 0 Å². The summed E-state index contributed by atoms with van der Waals surface area (Å²) >= 11 is 0. The first-order valence-corrected chi connectivity index (χ1v) is 6.50. The molecule has 0 aliphatic carbocycles. The number of hydrogen-bond acceptors (Lipinski definition) is 4. The van der Waals surface area contributed by atoms with Crippen molar-refractivity contribution in [2.24, 2.45) is 5.92 Å². The molecule has 0 atom stereocenters. The van der Waals surface area contributed by atoms with E-state index in [1.54, 1.807) is 12.4 Å². The lowest BCUT2D eigenvalue weighted by Crippen LogP contribution is -2.04. The third-order valence-corrected chi connectivity index (χ3v) is 2.69. The Morgan fingerprint density at radius 3 is 2.53 bits per heavy atom. The predicted molar refractivity (Wildman–Crippen MR) is 72.9 cm³/mol. The summed E-state index contributed by atoms with van der Waals surface area (Å²) < 4.78 is 0. The van der Waals surface area contributed by atoms with Gasteiger partial charge in [-0.1, -0.05) is 39.5 Å². The third-order valence-electron chi connectivity index (χ3n) is 2.69. The Kier molecular flexibility index (Phi) is 6.37. The topological polar surface area (TPSA) is 63.8 Å². The number of rotatable bonds is 8. The molecule has 0 bridgehead atoms. The van der Waals surface area contributed by atoms with E-state index in [9.17, 15) is 0 Å². The molecular formula is C13H24N4. The van der Waals surface area contributed by atoms with Crippen LogP contribution in [0, 0.1) is 5.92 Å². The van der Waals surface area contributed by atoms with Gasteiger partial charge in [-0.15, -0.1) is 0 Å². The van der Waals surface area contributed by atoms with Crippen molar-refractivity contribution in [1.82, 2.24) is 9.97 Å². The van der Waals surface area contributed by atoms with Crippen LogP contribution >= 0.6 is 0 Å². The molecule has 0 aliphatic heterocycles. The maximum atomic E-state index is 5.46. The summed E-state index contributed by atoms with van der Waals surface area (Å²) in [7, 11) is 0. The number of nitrogens with one attached hydrogen (secondary N) is 1. The number of hydrogen-bond donors (Lipinski definition) is 2. The molecule has 0 saturated carbocycles. The molecule has 1 heterocycles. The van der Waals surface area contributed by atoms with Crippen LogP contribution in [0.2, 0.25) is 0 Å². The Morgan fingerprint density at radius 2 is 1.88 bits per heavy atom. The summed E-state index contributed by atoms with van der Waals surface area (Å²) in [5.41, 5.74) is 5.46. The minimum Gasteiger partial charge on any atom is -0.382 e. The number of nitrogen functional groups attached to an aromatic ring is 1. The lowest BCUT2D eigenvalue weighted by molar-refractivity contribution is 0.523. The van der Waals surface area contributed by atoms with Gasteiger partial charge in [0.05, 0.1) is 12.4 Å². The fourth-order valence-electron chi connectivity index (χ4n) is 1.68. The molecule has 0 radical (unpaired) electrons. The van der Waals surface area contributed by atoms with Crippen LogP contribution in [0.3, 0.4) is 0 Å². The quantitative estimate of drug-likeness (QED) is 0.681. The Hall–Kier alpha value is -1.32. The van der Waals surface area contributed by atoms with Crippen molar-refractivity contribution in [3.05, 3.63) is 12.4 Å². The van der Waals surface area contributed by atoms with Crippen molar-refractivity contribution in [1.29, 1.82) is 0 Å². The normalized spacial score (nSPS) is 10.8. The molecule has 1 rings (SSSR count). The van der Waals surface area contributed by atoms with Gasteiger partial charge in [-0.25, -0.2) is 9.97 Å². The van der Waals surface area contributed by atoms with E-state index in [1.807, 2.05) is 0 Å². The van der Waals surface area contributed by atoms with Crippen LogP contribution in [-0.2, 0) is 0 Å². The summed E-state index contributed by atoms with van der Waals surface area (Å²) in [4.78, 5) is 8.12. The van der Waals surface area contributed by atoms with Crippen LogP contribution in [-0.4, -0.2) is 16.5 Å². The van der Waals surface area contributed by atoms with Crippen molar-refractivity contribution in [3.8, 4) is 0 Å². The molecule has 4 heteroatoms. The van der Waals surface area contributed by atoms with Gasteiger partial charge in [0.1, 0.15) is 11.6 Å². The summed E-state index contributed by atoms with van der Waals surface area (Å²) in [6, 6.07) is 0. The lowest BCUT2D eigenvalue weighted by atomic mass is 10.0. The van der Waals surface area contributed by atoms with Gasteiger partial charge in [0.2, 0.25) is 0 Å². The highest BCUT2D eigenvalue weighted by Gasteiger charge is 1.96. The smallest absolute Gasteiger partial charge is 0.144 e. The molecule has 17 heavy (non-hydrogen) atoms. The first-order valence-electron chi connectivity index (χ1n) is 6.50. The van der Waals surface area contributed by atoms with E-state index in [0.29, 0.717) is 5.82 Å². The zero-order valence-electron chi connectivity index (χ0n) is 10.9. The zero-order valence-corrected chi connectivity index (χ0v) is 10.9. The Labute approximate surface area is 104 Å². The third kappa shape index (κ3) is 6.76. The molecule has 0 fully saturated rings. The second-order valence-corrected chi connectivity index (χ2v) is 4.85. The molecule has 0 spiro atoms. The summed E-state index contributed by atoms with van der Waals surface area (Å²) in [5.74, 6) is 2.10. The second kappa shape index (κ2) is 7.87. The summed E-state index contributed by atoms with van der Waals surface area (Å²) in [5, 5.41) is 3.24. The zero-order chi connectivity index (χ0) is 12.5. The van der Waals surface area contributed by atoms with Crippen molar-refractivity contribution in [2.45, 2.75) is 46.0 Å². The minimum atomic E-state index is 0.462. The molecule has 0 aliphatic rings. The van der Waals surface area contributed by atoms with Crippen molar-refractivity contribution >= 4 is 11.6 Å². The Bertz CT molecular complexity index is 295. The van der Waals surface area contributed by atoms with Crippen LogP contribution in [0.4, 0.5) is 11.6 Å². The van der Waals surface area contributed by atoms with Crippen molar-refractivity contribution in [3.63, 3.8) is 0 Å². The lowest BCUT2D eigenvalue weighted by Gasteiger charge is -2.06. The van der Waals surface area contributed by atoms with Crippen molar-refractivity contribution < 1.29 is 0 Å². The molecule has 1 aromatic rings. The highest BCUT2D eigenvalue weighted by Crippen LogP contribution is 2.09. The van der Waals surface area contributed by atoms with Gasteiger partial charge >= 0.3 is 0 Å². The SMILES string of the molecule is CC(C)CCCCCCNc1cnc(N)cn1. The van der Waals surface area contributed by atoms with Crippen LogP contribution in [0.15, 0.2) is 12.4 Å². The molecule has 0 unspecified atom stereocenters. The Morgan fingerprint density at radius 1 is 1.12 bits per heavy atom. The maximum Gasteiger partial charge on any atom is 0.144 e. The van der Waals surface area contributed by atoms with E-state index in [-0.39, 0.29) is 0 Å². The van der Waals surface area contributed by atoms with Crippen LogP contribution in [0.25, 0.3) is 0 Å². The monoisotopic (exact) mass is 236 g/mol. The fraction of sp³-hybridized carbons (Fsp3) is 0.692. The van der Waals surface area contributed by atoms with E-state index in [0.717, 1.165) is 18.3 Å². The van der Waals surface area contributed by atoms with E-state index in [1.165, 1.54) is 32.1 Å². The molecule has 0 amide bonds. The molecule has 4 nitrogen and oxygen atoms in total. The predicted octanol–water partition coefficient (Wildman–Crippen LogP) is 3.08. The van der Waals surface area contributed by atoms with Gasteiger partial charge in [0.15, 0.2) is 0 Å². The van der Waals surface area contributed by atoms with Crippen molar-refractivity contribution in [2.75, 3.05) is 17.6 Å². The van der Waals surface area contributed by atoms with Gasteiger partial charge in [0, 0.05) is 6.54 Å². The highest BCUT2D eigenvalue weighted by atomic mass is 15.0. The van der Waals surface area contributed by atoms with Gasteiger partial charge in [-0.05, 0) is 12.3 Å². The fourth-order valence-corrected chi connectivity index (χ4v) is 1.68. The van der Waals surface area contributed by atoms with Gasteiger partial charge in [0.25, 0.3) is 0 Å². The molecule has 3 N–H and O–H groups in total. The minimum absolute atomic E-state index is 0.462. The maximum absolute atomic E-state index is 5.46. The number of aromatic nitrogens is 2. The van der Waals surface area contributed by atoms with E-state index >= 15 is 0 Å². The van der Waals surface area contributed by atoms with E-state index in [2.05, 4.69) is 29.1 Å². The number of unbranched alkanes of at least 4 members (excludes halogenated alkanes) is 3. The van der Waals surface area contributed by atoms with E-state index in [4.69, 9.17) is 5.73 Å². The van der Waals surface area contributed by atoms with Crippen LogP contribution in [0.1, 0.15) is 46.0 Å².